The van der Waals surface area contributed by atoms with E-state index >= 15 is 0 Å². The third kappa shape index (κ3) is 3.02. The molecule has 1 saturated heterocycles. The van der Waals surface area contributed by atoms with Gasteiger partial charge >= 0.3 is 0 Å². The highest BCUT2D eigenvalue weighted by Crippen LogP contribution is 2.09. The van der Waals surface area contributed by atoms with Gasteiger partial charge in [0.1, 0.15) is 0 Å². The van der Waals surface area contributed by atoms with Crippen LogP contribution in [0.3, 0.4) is 0 Å². The van der Waals surface area contributed by atoms with Crippen molar-refractivity contribution >= 4 is 0 Å². The van der Waals surface area contributed by atoms with E-state index in [1.165, 1.54) is 5.56 Å². The first kappa shape index (κ1) is 10.6. The molecule has 1 atom stereocenters. The van der Waals surface area contributed by atoms with E-state index in [0.717, 1.165) is 26.2 Å². The van der Waals surface area contributed by atoms with Crippen molar-refractivity contribution in [1.82, 2.24) is 4.90 Å². The Labute approximate surface area is 90.3 Å². The second-order valence-corrected chi connectivity index (χ2v) is 3.90. The summed E-state index contributed by atoms with van der Waals surface area (Å²) in [4.78, 5) is 2.32. The van der Waals surface area contributed by atoms with Crippen LogP contribution < -0.4 is 0 Å². The highest BCUT2D eigenvalue weighted by atomic mass is 16.5. The summed E-state index contributed by atoms with van der Waals surface area (Å²) in [5, 5.41) is 9.02. The van der Waals surface area contributed by atoms with Crippen molar-refractivity contribution in [2.75, 3.05) is 26.3 Å². The molecule has 1 aromatic carbocycles. The maximum Gasteiger partial charge on any atom is 0.0933 e. The van der Waals surface area contributed by atoms with Crippen molar-refractivity contribution < 1.29 is 9.84 Å². The summed E-state index contributed by atoms with van der Waals surface area (Å²) in [5.41, 5.74) is 1.32. The van der Waals surface area contributed by atoms with Crippen LogP contribution in [-0.2, 0) is 11.3 Å². The minimum absolute atomic E-state index is 0.0116. The van der Waals surface area contributed by atoms with E-state index in [4.69, 9.17) is 9.84 Å². The molecule has 1 aliphatic heterocycles. The zero-order chi connectivity index (χ0) is 10.5. The molecule has 3 nitrogen and oxygen atoms in total. The van der Waals surface area contributed by atoms with E-state index in [-0.39, 0.29) is 12.7 Å². The van der Waals surface area contributed by atoms with Gasteiger partial charge in [0.25, 0.3) is 0 Å². The average molecular weight is 207 g/mol. The number of aliphatic hydroxyl groups is 1. The average Bonchev–Trinajstić information content (AvgIpc) is 2.31. The van der Waals surface area contributed by atoms with Crippen LogP contribution in [0.4, 0.5) is 0 Å². The lowest BCUT2D eigenvalue weighted by molar-refractivity contribution is -0.0551. The summed E-state index contributed by atoms with van der Waals surface area (Å²) in [6, 6.07) is 10.4. The second kappa shape index (κ2) is 5.26. The van der Waals surface area contributed by atoms with Gasteiger partial charge in [-0.1, -0.05) is 30.3 Å². The first-order valence-electron chi connectivity index (χ1n) is 5.37. The van der Waals surface area contributed by atoms with Gasteiger partial charge in [0.05, 0.1) is 19.3 Å². The third-order valence-electron chi connectivity index (χ3n) is 2.68. The fourth-order valence-corrected chi connectivity index (χ4v) is 1.88. The summed E-state index contributed by atoms with van der Waals surface area (Å²) in [6.07, 6.45) is -0.0116. The minimum Gasteiger partial charge on any atom is -0.394 e. The Morgan fingerprint density at radius 3 is 2.87 bits per heavy atom. The molecule has 1 aliphatic rings. The summed E-state index contributed by atoms with van der Waals surface area (Å²) >= 11 is 0. The third-order valence-corrected chi connectivity index (χ3v) is 2.68. The SMILES string of the molecule is OC[C@H]1CN(Cc2ccccc2)CCO1. The first-order chi connectivity index (χ1) is 7.38. The largest absolute Gasteiger partial charge is 0.394 e. The van der Waals surface area contributed by atoms with E-state index in [1.807, 2.05) is 6.07 Å². The Kier molecular flexibility index (Phi) is 3.72. The number of rotatable bonds is 3. The van der Waals surface area contributed by atoms with Crippen LogP contribution in [0.25, 0.3) is 0 Å². The standard InChI is InChI=1S/C12H17NO2/c14-10-12-9-13(6-7-15-12)8-11-4-2-1-3-5-11/h1-5,12,14H,6-10H2/t12-/m1/s1. The molecule has 0 unspecified atom stereocenters. The van der Waals surface area contributed by atoms with E-state index in [9.17, 15) is 0 Å². The lowest BCUT2D eigenvalue weighted by Gasteiger charge is -2.31. The Morgan fingerprint density at radius 2 is 2.13 bits per heavy atom. The molecule has 0 aromatic heterocycles. The van der Waals surface area contributed by atoms with Gasteiger partial charge in [-0.25, -0.2) is 0 Å². The lowest BCUT2D eigenvalue weighted by Crippen LogP contribution is -2.43. The number of ether oxygens (including phenoxy) is 1. The molecule has 1 N–H and O–H groups in total. The Balaban J connectivity index is 1.89. The maximum absolute atomic E-state index is 9.02. The van der Waals surface area contributed by atoms with Crippen LogP contribution in [-0.4, -0.2) is 42.4 Å². The predicted molar refractivity (Wildman–Crippen MR) is 58.5 cm³/mol. The number of nitrogens with zero attached hydrogens (tertiary/aromatic N) is 1. The molecule has 0 radical (unpaired) electrons. The molecule has 0 bridgehead atoms. The zero-order valence-corrected chi connectivity index (χ0v) is 8.80. The molecule has 1 aromatic rings. The molecule has 2 rings (SSSR count). The van der Waals surface area contributed by atoms with Gasteiger partial charge in [0, 0.05) is 19.6 Å². The molecule has 1 fully saturated rings. The highest BCUT2D eigenvalue weighted by Gasteiger charge is 2.19. The summed E-state index contributed by atoms with van der Waals surface area (Å²) in [7, 11) is 0. The lowest BCUT2D eigenvalue weighted by atomic mass is 10.2. The number of hydrogen-bond donors (Lipinski definition) is 1. The molecule has 0 amide bonds. The van der Waals surface area contributed by atoms with Crippen LogP contribution in [0.1, 0.15) is 5.56 Å². The summed E-state index contributed by atoms with van der Waals surface area (Å²) in [5.74, 6) is 0. The smallest absolute Gasteiger partial charge is 0.0933 e. The first-order valence-corrected chi connectivity index (χ1v) is 5.37. The van der Waals surface area contributed by atoms with Crippen LogP contribution in [0, 0.1) is 0 Å². The predicted octanol–water partition coefficient (Wildman–Crippen LogP) is 0.880. The van der Waals surface area contributed by atoms with Crippen LogP contribution in [0.2, 0.25) is 0 Å². The van der Waals surface area contributed by atoms with Crippen LogP contribution >= 0.6 is 0 Å². The molecule has 0 saturated carbocycles. The number of morpholine rings is 1. The highest BCUT2D eigenvalue weighted by molar-refractivity contribution is 5.14. The maximum atomic E-state index is 9.02. The Morgan fingerprint density at radius 1 is 1.33 bits per heavy atom. The normalized spacial score (nSPS) is 22.9. The summed E-state index contributed by atoms with van der Waals surface area (Å²) in [6.45, 7) is 3.56. The van der Waals surface area contributed by atoms with Crippen molar-refractivity contribution in [2.45, 2.75) is 12.6 Å². The van der Waals surface area contributed by atoms with Gasteiger partial charge in [-0.05, 0) is 5.56 Å². The fraction of sp³-hybridized carbons (Fsp3) is 0.500. The van der Waals surface area contributed by atoms with E-state index in [0.29, 0.717) is 0 Å². The van der Waals surface area contributed by atoms with Crippen LogP contribution in [0.15, 0.2) is 30.3 Å². The van der Waals surface area contributed by atoms with Crippen LogP contribution in [0.5, 0.6) is 0 Å². The number of hydrogen-bond acceptors (Lipinski definition) is 3. The van der Waals surface area contributed by atoms with Gasteiger partial charge in [0.2, 0.25) is 0 Å². The van der Waals surface area contributed by atoms with Crippen molar-refractivity contribution in [3.8, 4) is 0 Å². The van der Waals surface area contributed by atoms with Crippen molar-refractivity contribution in [2.24, 2.45) is 0 Å². The molecular formula is C12H17NO2. The summed E-state index contributed by atoms with van der Waals surface area (Å²) < 4.78 is 5.40. The number of benzene rings is 1. The van der Waals surface area contributed by atoms with Crippen molar-refractivity contribution in [3.63, 3.8) is 0 Å². The molecule has 0 spiro atoms. The molecular weight excluding hydrogens is 190 g/mol. The fourth-order valence-electron chi connectivity index (χ4n) is 1.88. The number of aliphatic hydroxyl groups excluding tert-OH is 1. The van der Waals surface area contributed by atoms with Gasteiger partial charge < -0.3 is 9.84 Å². The zero-order valence-electron chi connectivity index (χ0n) is 8.80. The molecule has 3 heteroatoms. The molecule has 15 heavy (non-hydrogen) atoms. The monoisotopic (exact) mass is 207 g/mol. The second-order valence-electron chi connectivity index (χ2n) is 3.90. The quantitative estimate of drug-likeness (QED) is 0.798. The molecule has 1 heterocycles. The van der Waals surface area contributed by atoms with E-state index in [1.54, 1.807) is 0 Å². The Bertz CT molecular complexity index is 289. The molecule has 0 aliphatic carbocycles. The minimum atomic E-state index is -0.0116. The van der Waals surface area contributed by atoms with Crippen molar-refractivity contribution in [1.29, 1.82) is 0 Å². The van der Waals surface area contributed by atoms with Crippen molar-refractivity contribution in [3.05, 3.63) is 35.9 Å². The van der Waals surface area contributed by atoms with Gasteiger partial charge in [-0.15, -0.1) is 0 Å². The van der Waals surface area contributed by atoms with Gasteiger partial charge in [-0.2, -0.15) is 0 Å². The molecule has 82 valence electrons. The van der Waals surface area contributed by atoms with Gasteiger partial charge in [-0.3, -0.25) is 4.90 Å². The van der Waals surface area contributed by atoms with E-state index < -0.39 is 0 Å². The topological polar surface area (TPSA) is 32.7 Å². The van der Waals surface area contributed by atoms with E-state index in [2.05, 4.69) is 29.2 Å². The Hall–Kier alpha value is -0.900. The van der Waals surface area contributed by atoms with Gasteiger partial charge in [0.15, 0.2) is 0 Å².